The molecule has 0 bridgehead atoms. The van der Waals surface area contributed by atoms with Gasteiger partial charge in [0.05, 0.1) is 0 Å². The van der Waals surface area contributed by atoms with Crippen molar-refractivity contribution in [2.75, 3.05) is 0 Å². The number of carbonyl (C=O) groups excluding carboxylic acids is 1. The lowest BCUT2D eigenvalue weighted by Crippen LogP contribution is -2.14. The molecule has 0 radical (unpaired) electrons. The van der Waals surface area contributed by atoms with Crippen molar-refractivity contribution in [2.45, 2.75) is 7.43 Å². The number of hydrogen-bond donors (Lipinski definition) is 1. The average Bonchev–Trinajstić information content (AvgIpc) is 2.17. The molecule has 0 unspecified atom stereocenters. The maximum atomic E-state index is 11.1. The van der Waals surface area contributed by atoms with Crippen LogP contribution in [-0.4, -0.2) is 24.4 Å². The fourth-order valence-electron chi connectivity index (χ4n) is 0.789. The zero-order valence-electron chi connectivity index (χ0n) is 6.47. The highest BCUT2D eigenvalue weighted by molar-refractivity contribution is 7.74. The van der Waals surface area contributed by atoms with Gasteiger partial charge in [-0.05, 0) is 0 Å². The molecule has 1 rings (SSSR count). The molecule has 76 valence electrons. The average molecular weight is 214 g/mol. The van der Waals surface area contributed by atoms with E-state index in [0.717, 1.165) is 0 Å². The van der Waals surface area contributed by atoms with Crippen molar-refractivity contribution in [3.05, 3.63) is 35.9 Å². The maximum absolute atomic E-state index is 11.1. The molecule has 0 spiro atoms. The predicted molar refractivity (Wildman–Crippen MR) is 54.1 cm³/mol. The van der Waals surface area contributed by atoms with E-state index in [-0.39, 0.29) is 13.0 Å². The van der Waals surface area contributed by atoms with Crippen LogP contribution in [-0.2, 0) is 10.3 Å². The minimum atomic E-state index is -2.87. The van der Waals surface area contributed by atoms with Crippen LogP contribution in [0.25, 0.3) is 0 Å². The first kappa shape index (κ1) is 12.5. The van der Waals surface area contributed by atoms with Crippen molar-refractivity contribution in [3.63, 3.8) is 0 Å². The van der Waals surface area contributed by atoms with Crippen molar-refractivity contribution in [1.29, 1.82) is 0 Å². The second-order valence-electron chi connectivity index (χ2n) is 2.24. The molecular weight excluding hydrogens is 204 g/mol. The quantitative estimate of drug-likeness (QED) is 0.590. The van der Waals surface area contributed by atoms with Gasteiger partial charge in [-0.25, -0.2) is 0 Å². The van der Waals surface area contributed by atoms with Gasteiger partial charge in [0.1, 0.15) is 0 Å². The number of benzene rings is 1. The number of ketones is 1. The summed E-state index contributed by atoms with van der Waals surface area (Å²) in [6, 6.07) is 7.68. The summed E-state index contributed by atoms with van der Waals surface area (Å²) in [5, 5.41) is 7.64. The van der Waals surface area contributed by atoms with Crippen molar-refractivity contribution < 1.29 is 18.3 Å². The van der Waals surface area contributed by atoms with Crippen molar-refractivity contribution in [2.24, 2.45) is 0 Å². The lowest BCUT2D eigenvalue weighted by Gasteiger charge is -1.93. The summed E-state index contributed by atoms with van der Waals surface area (Å²) in [5.41, 5.74) is 0.143. The molecule has 0 fully saturated rings. The van der Waals surface area contributed by atoms with Gasteiger partial charge in [-0.3, -0.25) is 4.79 Å². The summed E-state index contributed by atoms with van der Waals surface area (Å²) in [4.78, 5) is 11.1. The highest BCUT2D eigenvalue weighted by atomic mass is 32.2. The number of hydrogen-bond acceptors (Lipinski definition) is 3. The smallest absolute Gasteiger partial charge is 0.249 e. The van der Waals surface area contributed by atoms with Crippen LogP contribution in [0, 0.1) is 0 Å². The third kappa shape index (κ3) is 2.79. The molecule has 4 nitrogen and oxygen atoms in total. The van der Waals surface area contributed by atoms with Gasteiger partial charge in [-0.2, -0.15) is 8.42 Å². The molecule has 0 aliphatic rings. The second kappa shape index (κ2) is 5.31. The van der Waals surface area contributed by atoms with Crippen LogP contribution < -0.4 is 0 Å². The number of rotatable bonds is 2. The van der Waals surface area contributed by atoms with Gasteiger partial charge in [-0.1, -0.05) is 37.8 Å². The molecule has 0 heterocycles. The van der Waals surface area contributed by atoms with Crippen molar-refractivity contribution >= 4 is 21.1 Å². The summed E-state index contributed by atoms with van der Waals surface area (Å²) in [6.45, 7) is 0. The van der Waals surface area contributed by atoms with Crippen LogP contribution in [0.3, 0.4) is 0 Å². The van der Waals surface area contributed by atoms with Crippen molar-refractivity contribution in [1.82, 2.24) is 0 Å². The Hall–Kier alpha value is -1.46. The Kier molecular flexibility index (Phi) is 4.76. The first-order valence-corrected chi connectivity index (χ1v) is 4.45. The van der Waals surface area contributed by atoms with Gasteiger partial charge >= 0.3 is 0 Å². The molecule has 0 aliphatic carbocycles. The molecule has 0 saturated heterocycles. The van der Waals surface area contributed by atoms with E-state index in [1.165, 1.54) is 12.1 Å². The Morgan fingerprint density at radius 1 is 1.14 bits per heavy atom. The Morgan fingerprint density at radius 2 is 1.64 bits per heavy atom. The summed E-state index contributed by atoms with van der Waals surface area (Å²) in [7, 11) is -2.87. The van der Waals surface area contributed by atoms with Gasteiger partial charge in [-0.15, -0.1) is 0 Å². The van der Waals surface area contributed by atoms with E-state index in [1.807, 2.05) is 0 Å². The first-order valence-electron chi connectivity index (χ1n) is 3.38. The summed E-state index contributed by atoms with van der Waals surface area (Å²) in [6.07, 6.45) is 0. The topological polar surface area (TPSA) is 71.4 Å². The van der Waals surface area contributed by atoms with Gasteiger partial charge < -0.3 is 5.11 Å². The van der Waals surface area contributed by atoms with Gasteiger partial charge in [0, 0.05) is 5.56 Å². The lowest BCUT2D eigenvalue weighted by atomic mass is 10.1. The summed E-state index contributed by atoms with van der Waals surface area (Å²) < 4.78 is 20.4. The molecule has 14 heavy (non-hydrogen) atoms. The SMILES string of the molecule is C.O=C(C(O)=S(=O)=O)c1ccccc1. The normalized spacial score (nSPS) is 8.64. The lowest BCUT2D eigenvalue weighted by molar-refractivity contribution is 0.105. The van der Waals surface area contributed by atoms with Crippen LogP contribution in [0.2, 0.25) is 0 Å². The highest BCUT2D eigenvalue weighted by Gasteiger charge is 2.11. The predicted octanol–water partition coefficient (Wildman–Crippen LogP) is 1.07. The molecule has 1 aromatic carbocycles. The Morgan fingerprint density at radius 3 is 2.07 bits per heavy atom. The van der Waals surface area contributed by atoms with Crippen LogP contribution in [0.4, 0.5) is 0 Å². The molecule has 0 saturated carbocycles. The minimum Gasteiger partial charge on any atom is -0.345 e. The van der Waals surface area contributed by atoms with E-state index in [4.69, 9.17) is 5.11 Å². The zero-order chi connectivity index (χ0) is 9.84. The Labute approximate surface area is 83.3 Å². The number of aliphatic hydroxyl groups is 1. The second-order valence-corrected chi connectivity index (χ2v) is 3.09. The molecule has 1 N–H and O–H groups in total. The minimum absolute atomic E-state index is 0. The van der Waals surface area contributed by atoms with E-state index in [0.29, 0.717) is 0 Å². The molecule has 0 amide bonds. The first-order chi connectivity index (χ1) is 6.13. The molecule has 0 aromatic heterocycles. The van der Waals surface area contributed by atoms with E-state index >= 15 is 0 Å². The Bertz CT molecular complexity index is 437. The maximum Gasteiger partial charge on any atom is 0.249 e. The third-order valence-electron chi connectivity index (χ3n) is 1.39. The number of Topliss-reactive ketones (excluding diaryl/α,β-unsaturated/α-hetero) is 1. The monoisotopic (exact) mass is 214 g/mol. The van der Waals surface area contributed by atoms with E-state index in [9.17, 15) is 13.2 Å². The summed E-state index contributed by atoms with van der Waals surface area (Å²) >= 11 is 0. The fraction of sp³-hybridized carbons (Fsp3) is 0.111. The van der Waals surface area contributed by atoms with E-state index in [1.54, 1.807) is 18.2 Å². The van der Waals surface area contributed by atoms with E-state index < -0.39 is 21.1 Å². The Balaban J connectivity index is 0.00000169. The van der Waals surface area contributed by atoms with Gasteiger partial charge in [0.2, 0.25) is 21.1 Å². The number of aliphatic hydroxyl groups excluding tert-OH is 1. The van der Waals surface area contributed by atoms with Crippen LogP contribution in [0.15, 0.2) is 30.3 Å². The van der Waals surface area contributed by atoms with Crippen LogP contribution in [0.1, 0.15) is 17.8 Å². The van der Waals surface area contributed by atoms with Crippen LogP contribution in [0.5, 0.6) is 0 Å². The van der Waals surface area contributed by atoms with Gasteiger partial charge in [0.25, 0.3) is 0 Å². The molecule has 1 aromatic rings. The molecule has 5 heteroatoms. The van der Waals surface area contributed by atoms with Gasteiger partial charge in [0.15, 0.2) is 0 Å². The largest absolute Gasteiger partial charge is 0.345 e. The molecule has 0 aliphatic heterocycles. The molecule has 0 atom stereocenters. The standard InChI is InChI=1S/C8H6O4S.CH4/c9-7(8(10)13(11)12)6-4-2-1-3-5-6;/h1-5,10H;1H4. The zero-order valence-corrected chi connectivity index (χ0v) is 7.28. The summed E-state index contributed by atoms with van der Waals surface area (Å²) in [5.74, 6) is -0.895. The van der Waals surface area contributed by atoms with Crippen LogP contribution >= 0.6 is 0 Å². The fourth-order valence-corrected chi connectivity index (χ4v) is 1.06. The number of carbonyl (C=O) groups is 1. The van der Waals surface area contributed by atoms with E-state index in [2.05, 4.69) is 0 Å². The third-order valence-corrected chi connectivity index (χ3v) is 1.89. The van der Waals surface area contributed by atoms with Crippen molar-refractivity contribution in [3.8, 4) is 0 Å². The highest BCUT2D eigenvalue weighted by Crippen LogP contribution is 1.99. The molecular formula is C9H10O4S.